The van der Waals surface area contributed by atoms with Crippen LogP contribution < -0.4 is 5.32 Å². The SMILES string of the molecule is Cc1ccc(S(=O)(=O)N(C)C)cc1NC(=O)CSc1ccc2ccccc2n1. The molecule has 1 heterocycles. The van der Waals surface area contributed by atoms with E-state index in [1.54, 1.807) is 6.07 Å². The Morgan fingerprint density at radius 3 is 2.61 bits per heavy atom. The number of fused-ring (bicyclic) bond motifs is 1. The first-order valence-electron chi connectivity index (χ1n) is 8.59. The van der Waals surface area contributed by atoms with Gasteiger partial charge in [-0.15, -0.1) is 0 Å². The number of para-hydroxylation sites is 1. The van der Waals surface area contributed by atoms with Crippen LogP contribution in [0.5, 0.6) is 0 Å². The lowest BCUT2D eigenvalue weighted by molar-refractivity contribution is -0.113. The van der Waals surface area contributed by atoms with Crippen LogP contribution >= 0.6 is 11.8 Å². The summed E-state index contributed by atoms with van der Waals surface area (Å²) < 4.78 is 25.7. The van der Waals surface area contributed by atoms with Gasteiger partial charge in [-0.3, -0.25) is 4.79 Å². The van der Waals surface area contributed by atoms with Crippen LogP contribution in [0.3, 0.4) is 0 Å². The van der Waals surface area contributed by atoms with E-state index in [-0.39, 0.29) is 16.6 Å². The molecule has 0 radical (unpaired) electrons. The number of carbonyl (C=O) groups is 1. The average Bonchev–Trinajstić information content (AvgIpc) is 2.67. The van der Waals surface area contributed by atoms with Gasteiger partial charge in [0.05, 0.1) is 21.2 Å². The van der Waals surface area contributed by atoms with Gasteiger partial charge in [0.25, 0.3) is 0 Å². The Morgan fingerprint density at radius 1 is 1.11 bits per heavy atom. The second-order valence-electron chi connectivity index (χ2n) is 6.44. The number of thioether (sulfide) groups is 1. The number of carbonyl (C=O) groups excluding carboxylic acids is 1. The predicted molar refractivity (Wildman–Crippen MR) is 113 cm³/mol. The van der Waals surface area contributed by atoms with Crippen molar-refractivity contribution in [1.82, 2.24) is 9.29 Å². The third-order valence-electron chi connectivity index (χ3n) is 4.19. The number of aryl methyl sites for hydroxylation is 1. The van der Waals surface area contributed by atoms with Gasteiger partial charge in [-0.25, -0.2) is 17.7 Å². The molecule has 0 saturated carbocycles. The van der Waals surface area contributed by atoms with Gasteiger partial charge in [0, 0.05) is 25.2 Å². The van der Waals surface area contributed by atoms with Crippen LogP contribution in [-0.4, -0.2) is 43.5 Å². The van der Waals surface area contributed by atoms with E-state index in [1.165, 1.54) is 38.0 Å². The van der Waals surface area contributed by atoms with Crippen LogP contribution in [-0.2, 0) is 14.8 Å². The zero-order chi connectivity index (χ0) is 20.3. The normalized spacial score (nSPS) is 11.7. The molecule has 146 valence electrons. The Morgan fingerprint density at radius 2 is 1.86 bits per heavy atom. The van der Waals surface area contributed by atoms with Crippen molar-refractivity contribution in [2.75, 3.05) is 25.2 Å². The highest BCUT2D eigenvalue weighted by molar-refractivity contribution is 7.99. The van der Waals surface area contributed by atoms with Gasteiger partial charge in [0.15, 0.2) is 0 Å². The molecule has 0 aliphatic heterocycles. The minimum Gasteiger partial charge on any atom is -0.325 e. The third kappa shape index (κ3) is 4.52. The first kappa shape index (κ1) is 20.3. The Kier molecular flexibility index (Phi) is 6.02. The van der Waals surface area contributed by atoms with Crippen molar-refractivity contribution in [2.24, 2.45) is 0 Å². The second-order valence-corrected chi connectivity index (χ2v) is 9.59. The monoisotopic (exact) mass is 415 g/mol. The number of rotatable bonds is 6. The van der Waals surface area contributed by atoms with Gasteiger partial charge < -0.3 is 5.32 Å². The minimum atomic E-state index is -3.56. The molecule has 0 spiro atoms. The Labute approximate surface area is 169 Å². The molecule has 0 aliphatic carbocycles. The second kappa shape index (κ2) is 8.30. The quantitative estimate of drug-likeness (QED) is 0.623. The summed E-state index contributed by atoms with van der Waals surface area (Å²) in [5.74, 6) is -0.0439. The Hall–Kier alpha value is -2.42. The molecule has 1 N–H and O–H groups in total. The van der Waals surface area contributed by atoms with Crippen LogP contribution in [0.2, 0.25) is 0 Å². The van der Waals surface area contributed by atoms with Crippen molar-refractivity contribution in [3.63, 3.8) is 0 Å². The van der Waals surface area contributed by atoms with Crippen molar-refractivity contribution in [3.8, 4) is 0 Å². The summed E-state index contributed by atoms with van der Waals surface area (Å²) in [4.78, 5) is 17.1. The smallest absolute Gasteiger partial charge is 0.242 e. The minimum absolute atomic E-state index is 0.141. The Bertz CT molecular complexity index is 1130. The molecule has 0 aliphatic rings. The van der Waals surface area contributed by atoms with E-state index in [0.717, 1.165) is 25.8 Å². The fraction of sp³-hybridized carbons (Fsp3) is 0.200. The number of pyridine rings is 1. The van der Waals surface area contributed by atoms with Crippen molar-refractivity contribution < 1.29 is 13.2 Å². The molecule has 1 aromatic heterocycles. The number of sulfonamides is 1. The standard InChI is InChI=1S/C20H21N3O3S2/c1-14-8-10-16(28(25,26)23(2)3)12-18(14)21-19(24)13-27-20-11-9-15-6-4-5-7-17(15)22-20/h4-12H,13H2,1-3H3,(H,21,24). The topological polar surface area (TPSA) is 79.4 Å². The highest BCUT2D eigenvalue weighted by atomic mass is 32.2. The number of nitrogens with one attached hydrogen (secondary N) is 1. The average molecular weight is 416 g/mol. The first-order chi connectivity index (χ1) is 13.3. The Balaban J connectivity index is 1.70. The van der Waals surface area contributed by atoms with Gasteiger partial charge in [-0.2, -0.15) is 0 Å². The lowest BCUT2D eigenvalue weighted by Crippen LogP contribution is -2.22. The fourth-order valence-corrected chi connectivity index (χ4v) is 4.17. The lowest BCUT2D eigenvalue weighted by Gasteiger charge is -2.14. The summed E-state index contributed by atoms with van der Waals surface area (Å²) in [5.41, 5.74) is 2.16. The summed E-state index contributed by atoms with van der Waals surface area (Å²) in [5, 5.41) is 4.60. The summed E-state index contributed by atoms with van der Waals surface area (Å²) in [6.45, 7) is 1.82. The van der Waals surface area contributed by atoms with Gasteiger partial charge in [0.2, 0.25) is 15.9 Å². The van der Waals surface area contributed by atoms with Gasteiger partial charge in [-0.05, 0) is 36.8 Å². The maximum Gasteiger partial charge on any atom is 0.242 e. The summed E-state index contributed by atoms with van der Waals surface area (Å²) in [6, 6.07) is 16.4. The molecule has 0 fully saturated rings. The number of anilines is 1. The summed E-state index contributed by atoms with van der Waals surface area (Å²) >= 11 is 1.33. The van der Waals surface area contributed by atoms with E-state index in [9.17, 15) is 13.2 Å². The first-order valence-corrected chi connectivity index (χ1v) is 11.0. The van der Waals surface area contributed by atoms with E-state index in [1.807, 2.05) is 43.3 Å². The van der Waals surface area contributed by atoms with Crippen LogP contribution in [0.4, 0.5) is 5.69 Å². The number of aromatic nitrogens is 1. The number of benzene rings is 2. The number of hydrogen-bond donors (Lipinski definition) is 1. The summed E-state index contributed by atoms with van der Waals surface area (Å²) in [7, 11) is -0.615. The molecule has 0 unspecified atom stereocenters. The molecule has 6 nitrogen and oxygen atoms in total. The van der Waals surface area contributed by atoms with E-state index in [4.69, 9.17) is 0 Å². The number of nitrogens with zero attached hydrogens (tertiary/aromatic N) is 2. The predicted octanol–water partition coefficient (Wildman–Crippen LogP) is 3.52. The van der Waals surface area contributed by atoms with E-state index in [0.29, 0.717) is 5.69 Å². The van der Waals surface area contributed by atoms with Crippen molar-refractivity contribution >= 4 is 44.3 Å². The molecule has 3 rings (SSSR count). The molecule has 0 bridgehead atoms. The van der Waals surface area contributed by atoms with Crippen LogP contribution in [0, 0.1) is 6.92 Å². The molecule has 8 heteroatoms. The summed E-state index contributed by atoms with van der Waals surface area (Å²) in [6.07, 6.45) is 0. The van der Waals surface area contributed by atoms with Gasteiger partial charge in [0.1, 0.15) is 0 Å². The molecule has 0 saturated heterocycles. The number of hydrogen-bond acceptors (Lipinski definition) is 5. The zero-order valence-corrected chi connectivity index (χ0v) is 17.5. The van der Waals surface area contributed by atoms with Crippen LogP contribution in [0.15, 0.2) is 64.5 Å². The molecular weight excluding hydrogens is 394 g/mol. The molecule has 2 aromatic carbocycles. The lowest BCUT2D eigenvalue weighted by atomic mass is 10.2. The zero-order valence-electron chi connectivity index (χ0n) is 15.8. The number of amides is 1. The van der Waals surface area contributed by atoms with Gasteiger partial charge in [-0.1, -0.05) is 42.1 Å². The van der Waals surface area contributed by atoms with Crippen molar-refractivity contribution in [2.45, 2.75) is 16.8 Å². The fourth-order valence-electron chi connectivity index (χ4n) is 2.56. The molecular formula is C20H21N3O3S2. The van der Waals surface area contributed by atoms with Crippen molar-refractivity contribution in [1.29, 1.82) is 0 Å². The van der Waals surface area contributed by atoms with Crippen molar-refractivity contribution in [3.05, 3.63) is 60.2 Å². The van der Waals surface area contributed by atoms with Crippen LogP contribution in [0.25, 0.3) is 10.9 Å². The van der Waals surface area contributed by atoms with Crippen LogP contribution in [0.1, 0.15) is 5.56 Å². The molecule has 0 atom stereocenters. The molecule has 1 amide bonds. The largest absolute Gasteiger partial charge is 0.325 e. The molecule has 28 heavy (non-hydrogen) atoms. The molecule has 3 aromatic rings. The van der Waals surface area contributed by atoms with Gasteiger partial charge >= 0.3 is 0 Å². The maximum absolute atomic E-state index is 12.4. The highest BCUT2D eigenvalue weighted by Gasteiger charge is 2.18. The van der Waals surface area contributed by atoms with E-state index in [2.05, 4.69) is 10.3 Å². The van der Waals surface area contributed by atoms with E-state index < -0.39 is 10.0 Å². The third-order valence-corrected chi connectivity index (χ3v) is 6.93. The van der Waals surface area contributed by atoms with E-state index >= 15 is 0 Å². The highest BCUT2D eigenvalue weighted by Crippen LogP contribution is 2.23. The maximum atomic E-state index is 12.4.